The zero-order chi connectivity index (χ0) is 8.27. The molecule has 0 aromatic carbocycles. The summed E-state index contributed by atoms with van der Waals surface area (Å²) >= 11 is 0. The van der Waals surface area contributed by atoms with Gasteiger partial charge in [-0.2, -0.15) is 0 Å². The van der Waals surface area contributed by atoms with Gasteiger partial charge in [0.2, 0.25) is 0 Å². The van der Waals surface area contributed by atoms with Crippen LogP contribution in [0.3, 0.4) is 0 Å². The number of carbonyl (C=O) groups is 1. The molecule has 0 bridgehead atoms. The Morgan fingerprint density at radius 2 is 2.50 bits per heavy atom. The van der Waals surface area contributed by atoms with Gasteiger partial charge in [0, 0.05) is 12.6 Å². The summed E-state index contributed by atoms with van der Waals surface area (Å²) in [7, 11) is 0. The fourth-order valence-corrected chi connectivity index (χ4v) is 0.715. The molecule has 0 aliphatic rings. The second kappa shape index (κ2) is 5.84. The Morgan fingerprint density at radius 3 is 2.92 bits per heavy atom. The van der Waals surface area contributed by atoms with E-state index in [9.17, 15) is 4.79 Å². The molecule has 0 radical (unpaired) electrons. The average Bonchev–Trinajstić information content (AvgIpc) is 2.39. The molecule has 6 heteroatoms. The van der Waals surface area contributed by atoms with Crippen molar-refractivity contribution in [3.63, 3.8) is 0 Å². The van der Waals surface area contributed by atoms with Crippen LogP contribution in [0.2, 0.25) is 0 Å². The number of aromatic amines is 1. The van der Waals surface area contributed by atoms with Gasteiger partial charge < -0.3 is 15.8 Å². The molecular formula is C6H10KN3O2. The predicted octanol–water partition coefficient (Wildman–Crippen LogP) is -1.28. The molecule has 0 saturated heterocycles. The van der Waals surface area contributed by atoms with Gasteiger partial charge in [0.15, 0.2) is 0 Å². The van der Waals surface area contributed by atoms with E-state index in [1.807, 2.05) is 0 Å². The molecule has 1 atom stereocenters. The maximum absolute atomic E-state index is 10.3. The molecule has 0 spiro atoms. The summed E-state index contributed by atoms with van der Waals surface area (Å²) in [6, 6.07) is -0.863. The Bertz CT molecular complexity index is 237. The van der Waals surface area contributed by atoms with Crippen molar-refractivity contribution in [1.29, 1.82) is 0 Å². The Hall–Kier alpha value is 0.276. The third-order valence-electron chi connectivity index (χ3n) is 1.30. The fraction of sp³-hybridized carbons (Fsp3) is 0.333. The number of carboxylic acid groups (broad SMARTS) is 1. The number of nitrogens with zero attached hydrogens (tertiary/aromatic N) is 1. The number of aliphatic carboxylic acids is 1. The standard InChI is InChI=1S/C6H9N3O2.K.H/c7-5(6(10)11)1-4-2-8-3-9-4;;/h2-3,5H,1,7H2,(H,8,9)(H,10,11);;. The molecule has 1 heterocycles. The Labute approximate surface area is 112 Å². The number of aromatic nitrogens is 2. The van der Waals surface area contributed by atoms with Gasteiger partial charge >= 0.3 is 57.4 Å². The zero-order valence-corrected chi connectivity index (χ0v) is 5.82. The summed E-state index contributed by atoms with van der Waals surface area (Å²) in [5, 5.41) is 8.42. The normalized spacial score (nSPS) is 11.8. The molecule has 12 heavy (non-hydrogen) atoms. The van der Waals surface area contributed by atoms with E-state index in [-0.39, 0.29) is 57.8 Å². The van der Waals surface area contributed by atoms with Gasteiger partial charge in [-0.15, -0.1) is 0 Å². The van der Waals surface area contributed by atoms with Crippen LogP contribution < -0.4 is 5.73 Å². The van der Waals surface area contributed by atoms with Gasteiger partial charge in [0.05, 0.1) is 12.0 Å². The van der Waals surface area contributed by atoms with E-state index in [0.717, 1.165) is 0 Å². The number of nitrogens with one attached hydrogen (secondary N) is 1. The van der Waals surface area contributed by atoms with Crippen LogP contribution in [0.15, 0.2) is 12.5 Å². The van der Waals surface area contributed by atoms with Crippen molar-refractivity contribution >= 4 is 57.4 Å². The van der Waals surface area contributed by atoms with Gasteiger partial charge in [-0.25, -0.2) is 4.98 Å². The predicted molar refractivity (Wildman–Crippen MR) is 45.1 cm³/mol. The van der Waals surface area contributed by atoms with Crippen molar-refractivity contribution in [2.24, 2.45) is 5.73 Å². The van der Waals surface area contributed by atoms with Crippen LogP contribution in [-0.2, 0) is 11.2 Å². The molecule has 1 aromatic heterocycles. The van der Waals surface area contributed by atoms with Crippen LogP contribution in [0, 0.1) is 0 Å². The van der Waals surface area contributed by atoms with Gasteiger partial charge in [0.25, 0.3) is 0 Å². The first-order valence-corrected chi connectivity index (χ1v) is 3.16. The van der Waals surface area contributed by atoms with Gasteiger partial charge in [0.1, 0.15) is 6.04 Å². The summed E-state index contributed by atoms with van der Waals surface area (Å²) < 4.78 is 0. The maximum atomic E-state index is 10.3. The molecule has 0 aliphatic heterocycles. The van der Waals surface area contributed by atoms with Crippen molar-refractivity contribution in [1.82, 2.24) is 9.97 Å². The van der Waals surface area contributed by atoms with Crippen molar-refractivity contribution in [3.05, 3.63) is 18.2 Å². The first kappa shape index (κ1) is 12.3. The van der Waals surface area contributed by atoms with E-state index in [2.05, 4.69) is 9.97 Å². The van der Waals surface area contributed by atoms with E-state index in [1.165, 1.54) is 6.33 Å². The summed E-state index contributed by atoms with van der Waals surface area (Å²) in [6.45, 7) is 0. The van der Waals surface area contributed by atoms with Crippen molar-refractivity contribution < 1.29 is 9.90 Å². The molecule has 4 N–H and O–H groups in total. The van der Waals surface area contributed by atoms with Crippen LogP contribution in [0.4, 0.5) is 0 Å². The number of rotatable bonds is 3. The molecule has 0 aliphatic carbocycles. The second-order valence-corrected chi connectivity index (χ2v) is 2.21. The number of carboxylic acids is 1. The van der Waals surface area contributed by atoms with Crippen LogP contribution >= 0.6 is 0 Å². The third-order valence-corrected chi connectivity index (χ3v) is 1.30. The zero-order valence-electron chi connectivity index (χ0n) is 5.82. The monoisotopic (exact) mass is 195 g/mol. The minimum atomic E-state index is -1.01. The first-order chi connectivity index (χ1) is 5.20. The van der Waals surface area contributed by atoms with Gasteiger partial charge in [-0.3, -0.25) is 4.79 Å². The number of hydrogen-bond acceptors (Lipinski definition) is 3. The Kier molecular flexibility index (Phi) is 5.98. The summed E-state index contributed by atoms with van der Waals surface area (Å²) in [5.41, 5.74) is 5.92. The Balaban J connectivity index is 0.00000121. The molecule has 0 amide bonds. The number of imidazole rings is 1. The topological polar surface area (TPSA) is 92.0 Å². The summed E-state index contributed by atoms with van der Waals surface area (Å²) in [5.74, 6) is -1.01. The quantitative estimate of drug-likeness (QED) is 0.524. The Morgan fingerprint density at radius 1 is 1.83 bits per heavy atom. The second-order valence-electron chi connectivity index (χ2n) is 2.21. The van der Waals surface area contributed by atoms with E-state index >= 15 is 0 Å². The van der Waals surface area contributed by atoms with Gasteiger partial charge in [-0.05, 0) is 0 Å². The van der Waals surface area contributed by atoms with Crippen molar-refractivity contribution in [3.8, 4) is 0 Å². The van der Waals surface area contributed by atoms with Crippen LogP contribution in [0.25, 0.3) is 0 Å². The van der Waals surface area contributed by atoms with Crippen molar-refractivity contribution in [2.75, 3.05) is 0 Å². The molecule has 5 nitrogen and oxygen atoms in total. The van der Waals surface area contributed by atoms with Gasteiger partial charge in [-0.1, -0.05) is 0 Å². The van der Waals surface area contributed by atoms with E-state index < -0.39 is 12.0 Å². The van der Waals surface area contributed by atoms with Crippen molar-refractivity contribution in [2.45, 2.75) is 12.5 Å². The van der Waals surface area contributed by atoms with Crippen LogP contribution in [-0.4, -0.2) is 78.5 Å². The molecule has 62 valence electrons. The van der Waals surface area contributed by atoms with E-state index in [1.54, 1.807) is 6.20 Å². The molecule has 1 aromatic rings. The summed E-state index contributed by atoms with van der Waals surface area (Å²) in [6.07, 6.45) is 3.38. The average molecular weight is 195 g/mol. The SMILES string of the molecule is NC(Cc1c[nH]cn1)C(=O)O.[KH]. The third kappa shape index (κ3) is 3.79. The molecule has 1 unspecified atom stereocenters. The number of H-pyrrole nitrogens is 1. The first-order valence-electron chi connectivity index (χ1n) is 3.16. The number of hydrogen-bond donors (Lipinski definition) is 3. The summed E-state index contributed by atoms with van der Waals surface area (Å²) in [4.78, 5) is 16.8. The van der Waals surface area contributed by atoms with E-state index in [4.69, 9.17) is 10.8 Å². The molecular weight excluding hydrogens is 185 g/mol. The molecule has 0 fully saturated rings. The van der Waals surface area contributed by atoms with Crippen LogP contribution in [0.1, 0.15) is 5.69 Å². The molecule has 0 saturated carbocycles. The fourth-order valence-electron chi connectivity index (χ4n) is 0.715. The number of nitrogens with two attached hydrogens (primary N) is 1. The molecule has 1 rings (SSSR count). The van der Waals surface area contributed by atoms with E-state index in [0.29, 0.717) is 5.69 Å². The van der Waals surface area contributed by atoms with Crippen LogP contribution in [0.5, 0.6) is 0 Å². The minimum absolute atomic E-state index is 0.